The number of aliphatic imine (C=N–C) groups is 1. The van der Waals surface area contributed by atoms with Crippen molar-refractivity contribution in [3.63, 3.8) is 0 Å². The molecule has 5 nitrogen and oxygen atoms in total. The standard InChI is InChI=1S/C24H26ClNO4/c1-14(2)13-29-22-19(25)10-16(12-21(22)28-5)11-20-24(27)30-23(26-20)18-8-6-17(7-9-18)15(3)4/h6-12,14-15H,13H2,1-5H3/b20-11-. The van der Waals surface area contributed by atoms with E-state index in [1.165, 1.54) is 5.56 Å². The van der Waals surface area contributed by atoms with Crippen molar-refractivity contribution in [3.8, 4) is 11.5 Å². The van der Waals surface area contributed by atoms with Gasteiger partial charge >= 0.3 is 5.97 Å². The molecule has 0 aliphatic carbocycles. The van der Waals surface area contributed by atoms with Crippen LogP contribution in [0.4, 0.5) is 0 Å². The number of carbonyl (C=O) groups is 1. The predicted octanol–water partition coefficient (Wildman–Crippen LogP) is 5.85. The monoisotopic (exact) mass is 427 g/mol. The molecular formula is C24H26ClNO4. The Hall–Kier alpha value is -2.79. The Bertz CT molecular complexity index is 991. The molecule has 2 aromatic carbocycles. The van der Waals surface area contributed by atoms with Crippen molar-refractivity contribution in [2.45, 2.75) is 33.6 Å². The van der Waals surface area contributed by atoms with E-state index in [0.29, 0.717) is 40.5 Å². The Kier molecular flexibility index (Phi) is 6.83. The van der Waals surface area contributed by atoms with Crippen LogP contribution >= 0.6 is 11.6 Å². The molecule has 158 valence electrons. The number of methoxy groups -OCH3 is 1. The van der Waals surface area contributed by atoms with E-state index >= 15 is 0 Å². The van der Waals surface area contributed by atoms with Crippen LogP contribution in [0.2, 0.25) is 5.02 Å². The highest BCUT2D eigenvalue weighted by Gasteiger charge is 2.24. The molecule has 0 atom stereocenters. The van der Waals surface area contributed by atoms with Crippen LogP contribution in [0.3, 0.4) is 0 Å². The van der Waals surface area contributed by atoms with Crippen LogP contribution in [-0.4, -0.2) is 25.6 Å². The molecule has 1 aliphatic rings. The van der Waals surface area contributed by atoms with E-state index in [4.69, 9.17) is 25.8 Å². The summed E-state index contributed by atoms with van der Waals surface area (Å²) in [4.78, 5) is 16.7. The fourth-order valence-corrected chi connectivity index (χ4v) is 3.19. The summed E-state index contributed by atoms with van der Waals surface area (Å²) < 4.78 is 16.6. The zero-order valence-electron chi connectivity index (χ0n) is 17.9. The van der Waals surface area contributed by atoms with Gasteiger partial charge < -0.3 is 14.2 Å². The number of hydrogen-bond donors (Lipinski definition) is 0. The van der Waals surface area contributed by atoms with E-state index < -0.39 is 5.97 Å². The molecule has 3 rings (SSSR count). The van der Waals surface area contributed by atoms with Crippen LogP contribution < -0.4 is 9.47 Å². The third-order valence-electron chi connectivity index (χ3n) is 4.56. The van der Waals surface area contributed by atoms with Crippen molar-refractivity contribution in [3.05, 3.63) is 63.8 Å². The highest BCUT2D eigenvalue weighted by molar-refractivity contribution is 6.32. The second kappa shape index (κ2) is 9.35. The molecule has 6 heteroatoms. The number of hydrogen-bond acceptors (Lipinski definition) is 5. The minimum Gasteiger partial charge on any atom is -0.493 e. The molecule has 1 aliphatic heterocycles. The second-order valence-electron chi connectivity index (χ2n) is 7.85. The number of nitrogens with zero attached hydrogens (tertiary/aromatic N) is 1. The molecule has 0 saturated heterocycles. The van der Waals surface area contributed by atoms with E-state index in [-0.39, 0.29) is 11.6 Å². The summed E-state index contributed by atoms with van der Waals surface area (Å²) in [6.07, 6.45) is 1.62. The van der Waals surface area contributed by atoms with Gasteiger partial charge in [0.25, 0.3) is 0 Å². The number of ether oxygens (including phenoxy) is 3. The van der Waals surface area contributed by atoms with Gasteiger partial charge in [0.2, 0.25) is 5.90 Å². The zero-order chi connectivity index (χ0) is 21.8. The number of carbonyl (C=O) groups excluding carboxylic acids is 1. The zero-order valence-corrected chi connectivity index (χ0v) is 18.6. The molecule has 0 amide bonds. The van der Waals surface area contributed by atoms with Crippen molar-refractivity contribution in [1.82, 2.24) is 0 Å². The van der Waals surface area contributed by atoms with Crippen molar-refractivity contribution < 1.29 is 19.0 Å². The number of benzene rings is 2. The minimum atomic E-state index is -0.506. The lowest BCUT2D eigenvalue weighted by atomic mass is 10.0. The highest BCUT2D eigenvalue weighted by atomic mass is 35.5. The van der Waals surface area contributed by atoms with Gasteiger partial charge in [0.05, 0.1) is 18.7 Å². The van der Waals surface area contributed by atoms with Gasteiger partial charge in [-0.25, -0.2) is 9.79 Å². The largest absolute Gasteiger partial charge is 0.493 e. The van der Waals surface area contributed by atoms with Crippen LogP contribution in [0.15, 0.2) is 47.1 Å². The Morgan fingerprint density at radius 2 is 1.83 bits per heavy atom. The van der Waals surface area contributed by atoms with Crippen LogP contribution in [-0.2, 0) is 9.53 Å². The number of esters is 1. The molecule has 0 saturated carbocycles. The SMILES string of the molecule is COc1cc(/C=C2\N=C(c3ccc(C(C)C)cc3)OC2=O)cc(Cl)c1OCC(C)C. The number of rotatable bonds is 7. The molecular weight excluding hydrogens is 402 g/mol. The van der Waals surface area contributed by atoms with Gasteiger partial charge in [-0.2, -0.15) is 0 Å². The lowest BCUT2D eigenvalue weighted by Crippen LogP contribution is -2.06. The molecule has 0 fully saturated rings. The summed E-state index contributed by atoms with van der Waals surface area (Å²) in [6, 6.07) is 11.3. The van der Waals surface area contributed by atoms with Crippen molar-refractivity contribution in [1.29, 1.82) is 0 Å². The van der Waals surface area contributed by atoms with Crippen molar-refractivity contribution >= 4 is 29.5 Å². The first-order valence-corrected chi connectivity index (χ1v) is 10.3. The van der Waals surface area contributed by atoms with Gasteiger partial charge in [-0.1, -0.05) is 51.4 Å². The summed E-state index contributed by atoms with van der Waals surface area (Å²) in [5.74, 6) is 1.54. The molecule has 30 heavy (non-hydrogen) atoms. The van der Waals surface area contributed by atoms with Crippen LogP contribution in [0.25, 0.3) is 6.08 Å². The summed E-state index contributed by atoms with van der Waals surface area (Å²) in [6.45, 7) is 8.88. The van der Waals surface area contributed by atoms with Crippen molar-refractivity contribution in [2.24, 2.45) is 10.9 Å². The summed E-state index contributed by atoms with van der Waals surface area (Å²) in [5, 5.41) is 0.404. The topological polar surface area (TPSA) is 57.1 Å². The maximum Gasteiger partial charge on any atom is 0.363 e. The second-order valence-corrected chi connectivity index (χ2v) is 8.26. The molecule has 0 bridgehead atoms. The predicted molar refractivity (Wildman–Crippen MR) is 119 cm³/mol. The van der Waals surface area contributed by atoms with Gasteiger partial charge in [-0.3, -0.25) is 0 Å². The Morgan fingerprint density at radius 3 is 2.43 bits per heavy atom. The smallest absolute Gasteiger partial charge is 0.363 e. The average molecular weight is 428 g/mol. The maximum absolute atomic E-state index is 12.3. The van der Waals surface area contributed by atoms with E-state index in [1.54, 1.807) is 25.3 Å². The van der Waals surface area contributed by atoms with Gasteiger partial charge in [0.1, 0.15) is 0 Å². The van der Waals surface area contributed by atoms with Crippen LogP contribution in [0.5, 0.6) is 11.5 Å². The Morgan fingerprint density at radius 1 is 1.13 bits per heavy atom. The Balaban J connectivity index is 1.88. The quantitative estimate of drug-likeness (QED) is 0.410. The van der Waals surface area contributed by atoms with E-state index in [2.05, 4.69) is 32.7 Å². The van der Waals surface area contributed by atoms with E-state index in [1.807, 2.05) is 24.3 Å². The summed E-state index contributed by atoms with van der Waals surface area (Å²) >= 11 is 6.40. The lowest BCUT2D eigenvalue weighted by Gasteiger charge is -2.14. The molecule has 0 radical (unpaired) electrons. The fraction of sp³-hybridized carbons (Fsp3) is 0.333. The highest BCUT2D eigenvalue weighted by Crippen LogP contribution is 2.37. The first-order chi connectivity index (χ1) is 14.3. The van der Waals surface area contributed by atoms with Gasteiger partial charge in [0.15, 0.2) is 17.2 Å². The molecule has 1 heterocycles. The molecule has 0 spiro atoms. The van der Waals surface area contributed by atoms with Gasteiger partial charge in [-0.05, 0) is 53.3 Å². The fourth-order valence-electron chi connectivity index (χ4n) is 2.91. The van der Waals surface area contributed by atoms with E-state index in [9.17, 15) is 4.79 Å². The average Bonchev–Trinajstić information content (AvgIpc) is 3.07. The number of halogens is 1. The molecule has 2 aromatic rings. The Labute approximate surface area is 182 Å². The first-order valence-electron chi connectivity index (χ1n) is 9.91. The van der Waals surface area contributed by atoms with Gasteiger partial charge in [-0.15, -0.1) is 0 Å². The van der Waals surface area contributed by atoms with Gasteiger partial charge in [0, 0.05) is 5.56 Å². The lowest BCUT2D eigenvalue weighted by molar-refractivity contribution is -0.129. The summed E-state index contributed by atoms with van der Waals surface area (Å²) in [7, 11) is 1.55. The maximum atomic E-state index is 12.3. The van der Waals surface area contributed by atoms with Crippen molar-refractivity contribution in [2.75, 3.05) is 13.7 Å². The first kappa shape index (κ1) is 21.9. The normalized spacial score (nSPS) is 15.0. The third kappa shape index (κ3) is 5.03. The third-order valence-corrected chi connectivity index (χ3v) is 4.84. The molecule has 0 N–H and O–H groups in total. The van der Waals surface area contributed by atoms with Crippen LogP contribution in [0, 0.1) is 5.92 Å². The minimum absolute atomic E-state index is 0.201. The molecule has 0 unspecified atom stereocenters. The molecule has 0 aromatic heterocycles. The number of cyclic esters (lactones) is 1. The summed E-state index contributed by atoms with van der Waals surface area (Å²) in [5.41, 5.74) is 2.83. The van der Waals surface area contributed by atoms with Crippen LogP contribution in [0.1, 0.15) is 50.3 Å². The van der Waals surface area contributed by atoms with E-state index in [0.717, 1.165) is 5.56 Å².